The van der Waals surface area contributed by atoms with Crippen molar-refractivity contribution in [1.82, 2.24) is 19.4 Å². The molecule has 0 N–H and O–H groups in total. The fraction of sp³-hybridized carbons (Fsp3) is 0.565. The van der Waals surface area contributed by atoms with Crippen LogP contribution in [0.3, 0.4) is 0 Å². The van der Waals surface area contributed by atoms with Gasteiger partial charge in [0.05, 0.1) is 43.4 Å². The Morgan fingerprint density at radius 1 is 1.23 bits per heavy atom. The van der Waals surface area contributed by atoms with Crippen LogP contribution in [0.4, 0.5) is 9.18 Å². The molecule has 2 aliphatic heterocycles. The molecule has 2 fully saturated rings. The van der Waals surface area contributed by atoms with Crippen molar-refractivity contribution in [2.45, 2.75) is 51.4 Å². The number of halogens is 1. The van der Waals surface area contributed by atoms with Crippen LogP contribution in [0.15, 0.2) is 36.8 Å². The number of amides is 1. The van der Waals surface area contributed by atoms with E-state index in [2.05, 4.69) is 21.4 Å². The number of hydrogen-bond donors (Lipinski definition) is 0. The van der Waals surface area contributed by atoms with Gasteiger partial charge in [0.1, 0.15) is 11.4 Å². The SMILES string of the molecule is CC(c1ccc(F)cc1)n1cncc1C1COCC2CN(C(=O)OC(C)(C)C)CCN21. The normalized spacial score (nSPS) is 23.3. The van der Waals surface area contributed by atoms with Gasteiger partial charge in [-0.25, -0.2) is 14.2 Å². The quantitative estimate of drug-likeness (QED) is 0.744. The summed E-state index contributed by atoms with van der Waals surface area (Å²) in [6.07, 6.45) is 3.44. The van der Waals surface area contributed by atoms with E-state index >= 15 is 0 Å². The summed E-state index contributed by atoms with van der Waals surface area (Å²) in [5, 5.41) is 0. The zero-order valence-electron chi connectivity index (χ0n) is 18.6. The lowest BCUT2D eigenvalue weighted by Crippen LogP contribution is -2.60. The van der Waals surface area contributed by atoms with Crippen molar-refractivity contribution in [2.75, 3.05) is 32.8 Å². The summed E-state index contributed by atoms with van der Waals surface area (Å²) in [6.45, 7) is 10.8. The number of piperazine rings is 1. The molecule has 2 saturated heterocycles. The van der Waals surface area contributed by atoms with Gasteiger partial charge in [0.15, 0.2) is 0 Å². The molecule has 1 amide bonds. The maximum Gasteiger partial charge on any atom is 0.410 e. The van der Waals surface area contributed by atoms with E-state index in [0.717, 1.165) is 17.8 Å². The van der Waals surface area contributed by atoms with E-state index in [1.807, 2.05) is 45.4 Å². The van der Waals surface area contributed by atoms with Gasteiger partial charge in [0.2, 0.25) is 0 Å². The van der Waals surface area contributed by atoms with Crippen LogP contribution < -0.4 is 0 Å². The molecule has 8 heteroatoms. The highest BCUT2D eigenvalue weighted by Gasteiger charge is 2.40. The summed E-state index contributed by atoms with van der Waals surface area (Å²) in [6, 6.07) is 6.75. The Balaban J connectivity index is 1.50. The largest absolute Gasteiger partial charge is 0.444 e. The molecule has 0 saturated carbocycles. The number of imidazole rings is 1. The van der Waals surface area contributed by atoms with Gasteiger partial charge < -0.3 is 18.9 Å². The van der Waals surface area contributed by atoms with Crippen LogP contribution in [0.2, 0.25) is 0 Å². The van der Waals surface area contributed by atoms with Crippen molar-refractivity contribution in [3.63, 3.8) is 0 Å². The van der Waals surface area contributed by atoms with E-state index < -0.39 is 5.60 Å². The van der Waals surface area contributed by atoms with E-state index in [0.29, 0.717) is 26.3 Å². The number of fused-ring (bicyclic) bond motifs is 1. The highest BCUT2D eigenvalue weighted by Crippen LogP contribution is 2.32. The summed E-state index contributed by atoms with van der Waals surface area (Å²) in [7, 11) is 0. The van der Waals surface area contributed by atoms with Gasteiger partial charge in [-0.1, -0.05) is 12.1 Å². The van der Waals surface area contributed by atoms with Gasteiger partial charge >= 0.3 is 6.09 Å². The summed E-state index contributed by atoms with van der Waals surface area (Å²) >= 11 is 0. The Labute approximate surface area is 182 Å². The molecule has 2 aliphatic rings. The lowest BCUT2D eigenvalue weighted by molar-refractivity contribution is -0.0852. The molecule has 0 spiro atoms. The van der Waals surface area contributed by atoms with Crippen LogP contribution in [0, 0.1) is 5.82 Å². The first-order valence-electron chi connectivity index (χ1n) is 10.8. The van der Waals surface area contributed by atoms with Gasteiger partial charge in [-0.05, 0) is 45.4 Å². The van der Waals surface area contributed by atoms with Crippen LogP contribution >= 0.6 is 0 Å². The van der Waals surface area contributed by atoms with Gasteiger partial charge in [-0.3, -0.25) is 4.90 Å². The third-order valence-corrected chi connectivity index (χ3v) is 5.97. The Kier molecular flexibility index (Phi) is 6.03. The third kappa shape index (κ3) is 4.75. The second kappa shape index (κ2) is 8.59. The molecule has 7 nitrogen and oxygen atoms in total. The Morgan fingerprint density at radius 2 is 1.97 bits per heavy atom. The Bertz CT molecular complexity index is 908. The van der Waals surface area contributed by atoms with Gasteiger partial charge in [0.25, 0.3) is 0 Å². The first kappa shape index (κ1) is 21.8. The summed E-state index contributed by atoms with van der Waals surface area (Å²) in [5.74, 6) is -0.242. The molecule has 2 aromatic rings. The highest BCUT2D eigenvalue weighted by molar-refractivity contribution is 5.68. The Hall–Kier alpha value is -2.45. The number of carbonyl (C=O) groups excluding carboxylic acids is 1. The molecule has 4 rings (SSSR count). The monoisotopic (exact) mass is 430 g/mol. The summed E-state index contributed by atoms with van der Waals surface area (Å²) in [4.78, 5) is 21.1. The molecular weight excluding hydrogens is 399 g/mol. The lowest BCUT2D eigenvalue weighted by atomic mass is 10.0. The van der Waals surface area contributed by atoms with E-state index in [9.17, 15) is 9.18 Å². The van der Waals surface area contributed by atoms with E-state index in [1.54, 1.807) is 4.90 Å². The minimum absolute atomic E-state index is 0.0153. The van der Waals surface area contributed by atoms with Crippen LogP contribution in [0.25, 0.3) is 0 Å². The minimum Gasteiger partial charge on any atom is -0.444 e. The maximum atomic E-state index is 13.3. The van der Waals surface area contributed by atoms with Gasteiger partial charge in [0, 0.05) is 25.8 Å². The zero-order valence-corrected chi connectivity index (χ0v) is 18.6. The molecule has 3 heterocycles. The van der Waals surface area contributed by atoms with E-state index in [1.165, 1.54) is 12.1 Å². The standard InChI is InChI=1S/C23H31FN4O3/c1-16(17-5-7-18(24)8-6-17)28-15-25-11-20(28)21-14-30-13-19-12-26(9-10-27(19)21)22(29)31-23(2,3)4/h5-8,11,15-16,19,21H,9-10,12-14H2,1-4H3. The molecule has 3 unspecified atom stereocenters. The summed E-state index contributed by atoms with van der Waals surface area (Å²) in [5.41, 5.74) is 1.57. The molecular formula is C23H31FN4O3. The molecule has 0 aliphatic carbocycles. The number of benzene rings is 1. The number of hydrogen-bond acceptors (Lipinski definition) is 5. The number of aromatic nitrogens is 2. The van der Waals surface area contributed by atoms with Crippen molar-refractivity contribution < 1.29 is 18.7 Å². The first-order chi connectivity index (χ1) is 14.7. The number of carbonyl (C=O) groups is 1. The molecule has 1 aromatic heterocycles. The third-order valence-electron chi connectivity index (χ3n) is 5.97. The first-order valence-corrected chi connectivity index (χ1v) is 10.8. The predicted octanol–water partition coefficient (Wildman–Crippen LogP) is 3.62. The molecule has 31 heavy (non-hydrogen) atoms. The molecule has 168 valence electrons. The average Bonchev–Trinajstić information content (AvgIpc) is 3.21. The fourth-order valence-electron chi connectivity index (χ4n) is 4.39. The van der Waals surface area contributed by atoms with E-state index in [4.69, 9.17) is 9.47 Å². The topological polar surface area (TPSA) is 59.8 Å². The molecule has 0 bridgehead atoms. The molecule has 3 atom stereocenters. The van der Waals surface area contributed by atoms with Crippen molar-refractivity contribution in [1.29, 1.82) is 0 Å². The van der Waals surface area contributed by atoms with Crippen LogP contribution in [-0.2, 0) is 9.47 Å². The lowest BCUT2D eigenvalue weighted by Gasteiger charge is -2.48. The number of rotatable bonds is 3. The minimum atomic E-state index is -0.511. The van der Waals surface area contributed by atoms with Crippen LogP contribution in [0.5, 0.6) is 0 Å². The average molecular weight is 431 g/mol. The number of nitrogens with zero attached hydrogens (tertiary/aromatic N) is 4. The maximum absolute atomic E-state index is 13.3. The fourth-order valence-corrected chi connectivity index (χ4v) is 4.39. The van der Waals surface area contributed by atoms with Crippen molar-refractivity contribution in [2.24, 2.45) is 0 Å². The second-order valence-corrected chi connectivity index (χ2v) is 9.32. The van der Waals surface area contributed by atoms with Gasteiger partial charge in [-0.2, -0.15) is 0 Å². The van der Waals surface area contributed by atoms with Crippen molar-refractivity contribution >= 4 is 6.09 Å². The number of ether oxygens (including phenoxy) is 2. The van der Waals surface area contributed by atoms with Gasteiger partial charge in [-0.15, -0.1) is 0 Å². The second-order valence-electron chi connectivity index (χ2n) is 9.32. The Morgan fingerprint density at radius 3 is 2.68 bits per heavy atom. The highest BCUT2D eigenvalue weighted by atomic mass is 19.1. The molecule has 0 radical (unpaired) electrons. The smallest absolute Gasteiger partial charge is 0.410 e. The van der Waals surface area contributed by atoms with Crippen LogP contribution in [-0.4, -0.2) is 69.9 Å². The van der Waals surface area contributed by atoms with Crippen molar-refractivity contribution in [3.8, 4) is 0 Å². The van der Waals surface area contributed by atoms with Crippen LogP contribution in [0.1, 0.15) is 51.0 Å². The van der Waals surface area contributed by atoms with Crippen molar-refractivity contribution in [3.05, 3.63) is 53.9 Å². The molecule has 1 aromatic carbocycles. The number of morpholine rings is 1. The zero-order chi connectivity index (χ0) is 22.2. The predicted molar refractivity (Wildman–Crippen MR) is 114 cm³/mol. The van der Waals surface area contributed by atoms with E-state index in [-0.39, 0.29) is 30.0 Å². The summed E-state index contributed by atoms with van der Waals surface area (Å²) < 4.78 is 27.0.